The third-order valence-corrected chi connectivity index (χ3v) is 13.4. The monoisotopic (exact) mass is 480 g/mol. The average Bonchev–Trinajstić information content (AvgIpc) is 2.89. The smallest absolute Gasteiger partial charge is 0.251 e. The maximum Gasteiger partial charge on any atom is 0.251 e. The summed E-state index contributed by atoms with van der Waals surface area (Å²) in [6.07, 6.45) is 3.18. The third kappa shape index (κ3) is 4.56. The summed E-state index contributed by atoms with van der Waals surface area (Å²) in [4.78, 5) is 26.9. The summed E-state index contributed by atoms with van der Waals surface area (Å²) < 4.78 is 12.7. The molecule has 3 N–H and O–H groups in total. The molecule has 0 aromatic carbocycles. The standard InChI is InChI=1S/C24H40N2O4SSi/c1-21(2,3)32(8,9)29-14-24(11-10-12-24)20(28)26-19-16(18(25)27)15-13-22(4,5)30-23(6,7)17(15)31-19/h10-14H2,1-9H3,(H2,25,27)(H,26,28)/q-1. The molecule has 2 heterocycles. The van der Waals surface area contributed by atoms with E-state index in [0.717, 1.165) is 29.7 Å². The maximum atomic E-state index is 13.5. The molecule has 0 saturated heterocycles. The molecule has 0 unspecified atom stereocenters. The Labute approximate surface area is 197 Å². The number of nitrogens with two attached hydrogens (primary N) is 1. The molecule has 1 aliphatic heterocycles. The van der Waals surface area contributed by atoms with Gasteiger partial charge in [0.2, 0.25) is 5.91 Å². The van der Waals surface area contributed by atoms with Crippen LogP contribution in [0.25, 0.3) is 0 Å². The highest BCUT2D eigenvalue weighted by atomic mass is 32.1. The molecule has 8 heteroatoms. The molecule has 6 nitrogen and oxygen atoms in total. The molecule has 0 bridgehead atoms. The van der Waals surface area contributed by atoms with E-state index in [1.54, 1.807) is 0 Å². The fourth-order valence-electron chi connectivity index (χ4n) is 4.48. The first-order valence-corrected chi connectivity index (χ1v) is 15.2. The molecular weight excluding hydrogens is 440 g/mol. The van der Waals surface area contributed by atoms with Crippen LogP contribution in [0.4, 0.5) is 5.00 Å². The second kappa shape index (κ2) is 7.93. The highest BCUT2D eigenvalue weighted by Gasteiger charge is 2.47. The molecule has 181 valence electrons. The second-order valence-corrected chi connectivity index (χ2v) is 18.0. The summed E-state index contributed by atoms with van der Waals surface area (Å²) in [6.45, 7) is 19.5. The summed E-state index contributed by atoms with van der Waals surface area (Å²) in [5.74, 6) is -0.576. The van der Waals surface area contributed by atoms with E-state index in [1.165, 1.54) is 11.3 Å². The van der Waals surface area contributed by atoms with E-state index in [2.05, 4.69) is 39.2 Å². The van der Waals surface area contributed by atoms with Crippen LogP contribution in [0.15, 0.2) is 0 Å². The Bertz CT molecular complexity index is 923. The maximum absolute atomic E-state index is 13.5. The van der Waals surface area contributed by atoms with Crippen molar-refractivity contribution in [3.63, 3.8) is 0 Å². The number of amides is 2. The minimum absolute atomic E-state index is 0.0680. The zero-order valence-electron chi connectivity index (χ0n) is 21.2. The van der Waals surface area contributed by atoms with Crippen LogP contribution in [0.5, 0.6) is 0 Å². The molecule has 1 fully saturated rings. The zero-order chi connectivity index (χ0) is 24.3. The van der Waals surface area contributed by atoms with Crippen molar-refractivity contribution in [3.8, 4) is 0 Å². The van der Waals surface area contributed by atoms with Crippen LogP contribution in [-0.2, 0) is 26.0 Å². The number of hydrogen-bond acceptors (Lipinski definition) is 5. The number of ether oxygens (including phenoxy) is 1. The van der Waals surface area contributed by atoms with Gasteiger partial charge in [0, 0.05) is 17.9 Å². The topological polar surface area (TPSA) is 90.6 Å². The van der Waals surface area contributed by atoms with Gasteiger partial charge >= 0.3 is 0 Å². The Hall–Kier alpha value is -1.22. The van der Waals surface area contributed by atoms with Gasteiger partial charge in [0.05, 0.1) is 22.2 Å². The van der Waals surface area contributed by atoms with E-state index in [1.807, 2.05) is 27.7 Å². The summed E-state index contributed by atoms with van der Waals surface area (Å²) in [6, 6.07) is 0. The van der Waals surface area contributed by atoms with Gasteiger partial charge in [-0.1, -0.05) is 27.2 Å². The van der Waals surface area contributed by atoms with Crippen molar-refractivity contribution < 1.29 is 18.8 Å². The Kier molecular flexibility index (Phi) is 6.29. The van der Waals surface area contributed by atoms with Crippen molar-refractivity contribution in [2.75, 3.05) is 11.9 Å². The van der Waals surface area contributed by atoms with Gasteiger partial charge in [0.25, 0.3) is 5.91 Å². The number of carbonyl (C=O) groups is 2. The van der Waals surface area contributed by atoms with Crippen LogP contribution in [0.3, 0.4) is 0 Å². The van der Waals surface area contributed by atoms with Crippen molar-refractivity contribution in [3.05, 3.63) is 16.0 Å². The molecule has 0 atom stereocenters. The highest BCUT2D eigenvalue weighted by Crippen LogP contribution is 2.50. The van der Waals surface area contributed by atoms with Crippen molar-refractivity contribution in [2.45, 2.75) is 103 Å². The van der Waals surface area contributed by atoms with Crippen molar-refractivity contribution >= 4 is 36.5 Å². The van der Waals surface area contributed by atoms with E-state index >= 15 is 0 Å². The van der Waals surface area contributed by atoms with Gasteiger partial charge in [-0.15, -0.1) is 29.5 Å². The number of thiophene rings is 1. The molecule has 1 aromatic heterocycles. The second-order valence-electron chi connectivity index (χ2n) is 12.2. The fourth-order valence-corrected chi connectivity index (χ4v) is 6.81. The predicted molar refractivity (Wildman–Crippen MR) is 133 cm³/mol. The van der Waals surface area contributed by atoms with Gasteiger partial charge in [0.15, 0.2) is 0 Å². The predicted octanol–water partition coefficient (Wildman–Crippen LogP) is 5.56. The third-order valence-electron chi connectivity index (χ3n) is 7.47. The van der Waals surface area contributed by atoms with Crippen LogP contribution < -0.4 is 11.1 Å². The number of carbonyl (C=O) groups excluding carboxylic acids is 2. The molecule has 0 spiro atoms. The van der Waals surface area contributed by atoms with Crippen LogP contribution in [-0.4, -0.2) is 32.3 Å². The molecule has 1 aromatic rings. The number of anilines is 1. The first kappa shape index (κ1) is 25.4. The van der Waals surface area contributed by atoms with Crippen molar-refractivity contribution in [1.82, 2.24) is 0 Å². The lowest BCUT2D eigenvalue weighted by Crippen LogP contribution is -2.50. The number of hydrogen-bond donors (Lipinski definition) is 2. The van der Waals surface area contributed by atoms with Gasteiger partial charge in [-0.25, -0.2) is 0 Å². The van der Waals surface area contributed by atoms with Crippen LogP contribution in [0, 0.1) is 5.41 Å². The summed E-state index contributed by atoms with van der Waals surface area (Å²) >= 11 is 1.41. The lowest BCUT2D eigenvalue weighted by atomic mass is 9.68. The quantitative estimate of drug-likeness (QED) is 0.521. The summed E-state index contributed by atoms with van der Waals surface area (Å²) in [7, 11) is -1.98. The Morgan fingerprint density at radius 1 is 1.19 bits per heavy atom. The number of rotatable bonds is 6. The molecule has 2 amide bonds. The van der Waals surface area contributed by atoms with Crippen LogP contribution >= 0.6 is 11.3 Å². The van der Waals surface area contributed by atoms with E-state index in [0.29, 0.717) is 23.6 Å². The largest absolute Gasteiger partial charge is 0.564 e. The first-order chi connectivity index (χ1) is 14.4. The Morgan fingerprint density at radius 2 is 1.78 bits per heavy atom. The minimum Gasteiger partial charge on any atom is -0.564 e. The number of primary amides is 1. The van der Waals surface area contributed by atoms with Crippen LogP contribution in [0.1, 0.15) is 88.5 Å². The number of fused-ring (bicyclic) bond motifs is 1. The SMILES string of the molecule is CC1(C)Cc2c(sc(NC(=O)C3(CO[Si-](C)(C)C(C)(C)C)CCC3)c2C(N)=O)C(C)(C)O1. The summed E-state index contributed by atoms with van der Waals surface area (Å²) in [5, 5.41) is 3.71. The Morgan fingerprint density at radius 3 is 2.25 bits per heavy atom. The minimum atomic E-state index is -1.98. The molecule has 1 saturated carbocycles. The molecule has 2 aliphatic rings. The molecule has 0 radical (unpaired) electrons. The van der Waals surface area contributed by atoms with Crippen molar-refractivity contribution in [1.29, 1.82) is 0 Å². The number of nitrogens with one attached hydrogen (secondary N) is 1. The van der Waals surface area contributed by atoms with Gasteiger partial charge in [-0.05, 0) is 54.4 Å². The van der Waals surface area contributed by atoms with Gasteiger partial charge in [-0.2, -0.15) is 0 Å². The van der Waals surface area contributed by atoms with Crippen LogP contribution in [0.2, 0.25) is 18.1 Å². The molecular formula is C24H40N2O4SSi-. The Balaban J connectivity index is 1.89. The van der Waals surface area contributed by atoms with E-state index in [-0.39, 0.29) is 10.9 Å². The van der Waals surface area contributed by atoms with E-state index in [4.69, 9.17) is 14.9 Å². The van der Waals surface area contributed by atoms with Crippen molar-refractivity contribution in [2.24, 2.45) is 11.1 Å². The summed E-state index contributed by atoms with van der Waals surface area (Å²) in [5.41, 5.74) is 5.62. The fraction of sp³-hybridized carbons (Fsp3) is 0.750. The molecule has 32 heavy (non-hydrogen) atoms. The first-order valence-electron chi connectivity index (χ1n) is 11.5. The van der Waals surface area contributed by atoms with Gasteiger partial charge < -0.3 is 20.2 Å². The normalized spacial score (nSPS) is 21.4. The van der Waals surface area contributed by atoms with Gasteiger partial charge in [-0.3, -0.25) is 9.59 Å². The molecule has 3 rings (SSSR count). The zero-order valence-corrected chi connectivity index (χ0v) is 23.0. The van der Waals surface area contributed by atoms with Gasteiger partial charge in [0.1, 0.15) is 5.00 Å². The molecule has 1 aliphatic carbocycles. The van der Waals surface area contributed by atoms with E-state index < -0.39 is 30.8 Å². The highest BCUT2D eigenvalue weighted by molar-refractivity contribution is 7.17. The lowest BCUT2D eigenvalue weighted by Gasteiger charge is -2.52. The van der Waals surface area contributed by atoms with E-state index in [9.17, 15) is 9.59 Å². The average molecular weight is 481 g/mol. The lowest BCUT2D eigenvalue weighted by molar-refractivity contribution is -0.136.